The van der Waals surface area contributed by atoms with E-state index in [1.807, 2.05) is 0 Å². The molecule has 0 saturated carbocycles. The van der Waals surface area contributed by atoms with Gasteiger partial charge in [-0.25, -0.2) is 0 Å². The van der Waals surface area contributed by atoms with Crippen molar-refractivity contribution in [2.45, 2.75) is 150 Å². The highest BCUT2D eigenvalue weighted by Gasteiger charge is 2.48. The van der Waals surface area contributed by atoms with Gasteiger partial charge in [0.05, 0.1) is 0 Å². The normalized spacial score (nSPS) is 18.8. The molecule has 3 heterocycles. The third-order valence-electron chi connectivity index (χ3n) is 16.4. The fraction of sp³-hybridized carbons (Fsp3) is 0.390. The predicted molar refractivity (Wildman–Crippen MR) is 271 cm³/mol. The van der Waals surface area contributed by atoms with Gasteiger partial charge < -0.3 is 14.2 Å². The maximum atomic E-state index is 7.46. The first-order chi connectivity index (χ1) is 29.6. The van der Waals surface area contributed by atoms with Crippen LogP contribution in [0, 0.1) is 20.8 Å². The summed E-state index contributed by atoms with van der Waals surface area (Å²) in [7, 11) is 0. The Bertz CT molecular complexity index is 3110. The molecule has 2 aliphatic heterocycles. The number of para-hydroxylation sites is 1. The number of aryl methyl sites for hydroxylation is 3. The summed E-state index contributed by atoms with van der Waals surface area (Å²) in [4.78, 5) is 5.22. The van der Waals surface area contributed by atoms with E-state index in [-0.39, 0.29) is 33.8 Å². The van der Waals surface area contributed by atoms with Crippen LogP contribution in [0.3, 0.4) is 0 Å². The number of fused-ring (bicyclic) bond motifs is 10. The van der Waals surface area contributed by atoms with Gasteiger partial charge in [0.2, 0.25) is 0 Å². The summed E-state index contributed by atoms with van der Waals surface area (Å²) < 4.78 is 7.46. The molecule has 2 aliphatic carbocycles. The molecule has 0 unspecified atom stereocenters. The Morgan fingerprint density at radius 3 is 1.63 bits per heavy atom. The zero-order valence-corrected chi connectivity index (χ0v) is 40.4. The second-order valence-electron chi connectivity index (χ2n) is 23.7. The van der Waals surface area contributed by atoms with Crippen LogP contribution in [0.2, 0.25) is 0 Å². The van der Waals surface area contributed by atoms with Crippen LogP contribution in [0.1, 0.15) is 146 Å². The predicted octanol–water partition coefficient (Wildman–Crippen LogP) is 14.6. The molecular formula is C59H65BN2O. The van der Waals surface area contributed by atoms with Gasteiger partial charge in [0.25, 0.3) is 6.71 Å². The Labute approximate surface area is 377 Å². The van der Waals surface area contributed by atoms with Gasteiger partial charge in [0.1, 0.15) is 11.2 Å². The van der Waals surface area contributed by atoms with Crippen molar-refractivity contribution in [3.8, 4) is 0 Å². The van der Waals surface area contributed by atoms with Crippen LogP contribution in [0.15, 0.2) is 95.4 Å². The molecule has 7 aromatic rings. The first-order valence-electron chi connectivity index (χ1n) is 23.7. The summed E-state index contributed by atoms with van der Waals surface area (Å²) in [6.45, 7) is 33.4. The summed E-state index contributed by atoms with van der Waals surface area (Å²) in [5, 5.41) is 2.44. The molecule has 6 aromatic carbocycles. The summed E-state index contributed by atoms with van der Waals surface area (Å²) in [5.74, 6) is 0. The fourth-order valence-corrected chi connectivity index (χ4v) is 12.3. The average Bonchev–Trinajstić information content (AvgIpc) is 3.59. The van der Waals surface area contributed by atoms with E-state index in [1.165, 1.54) is 125 Å². The van der Waals surface area contributed by atoms with Crippen molar-refractivity contribution < 1.29 is 4.42 Å². The Morgan fingerprint density at radius 2 is 1.03 bits per heavy atom. The highest BCUT2D eigenvalue weighted by atomic mass is 16.3. The molecule has 0 atom stereocenters. The lowest BCUT2D eigenvalue weighted by molar-refractivity contribution is 0.332. The first-order valence-corrected chi connectivity index (χ1v) is 23.7. The largest absolute Gasteiger partial charge is 0.457 e. The molecule has 4 heteroatoms. The molecule has 0 radical (unpaired) electrons. The van der Waals surface area contributed by atoms with Crippen molar-refractivity contribution in [2.75, 3.05) is 9.80 Å². The molecule has 0 bridgehead atoms. The highest BCUT2D eigenvalue weighted by molar-refractivity contribution is 7.01. The van der Waals surface area contributed by atoms with Gasteiger partial charge in [0, 0.05) is 44.9 Å². The number of nitrogens with zero attached hydrogens (tertiary/aromatic N) is 2. The number of anilines is 6. The molecule has 0 amide bonds. The Morgan fingerprint density at radius 1 is 0.492 bits per heavy atom. The van der Waals surface area contributed by atoms with Gasteiger partial charge in [-0.2, -0.15) is 0 Å². The SMILES string of the molecule is Cc1cc2c3c(c1)N(c1ccccc1C)c1ccc4c(oc5cc6c(cc54)C(C)(C)CCC6(C)C)c1B3c1cc3c(cc1N2c1ccc(C(C)(C)C)cc1C)C(C)(C)CCC3(C)C. The molecule has 0 saturated heterocycles. The minimum atomic E-state index is -0.0517. The van der Waals surface area contributed by atoms with Crippen LogP contribution in [0.25, 0.3) is 21.9 Å². The van der Waals surface area contributed by atoms with Crippen LogP contribution in [-0.2, 0) is 27.1 Å². The number of furan rings is 1. The summed E-state index contributed by atoms with van der Waals surface area (Å²) >= 11 is 0. The molecule has 4 aliphatic rings. The number of benzene rings is 6. The second kappa shape index (κ2) is 13.0. The smallest absolute Gasteiger partial charge is 0.257 e. The molecule has 63 heavy (non-hydrogen) atoms. The van der Waals surface area contributed by atoms with Crippen LogP contribution in [0.4, 0.5) is 34.1 Å². The molecule has 320 valence electrons. The number of hydrogen-bond acceptors (Lipinski definition) is 3. The quantitative estimate of drug-likeness (QED) is 0.162. The van der Waals surface area contributed by atoms with E-state index < -0.39 is 0 Å². The van der Waals surface area contributed by atoms with E-state index in [2.05, 4.69) is 198 Å². The molecular weight excluding hydrogens is 763 g/mol. The molecule has 0 fully saturated rings. The molecule has 3 nitrogen and oxygen atoms in total. The summed E-state index contributed by atoms with van der Waals surface area (Å²) in [6.07, 6.45) is 4.68. The Kier molecular flexibility index (Phi) is 8.34. The van der Waals surface area contributed by atoms with Crippen molar-refractivity contribution in [1.29, 1.82) is 0 Å². The van der Waals surface area contributed by atoms with Crippen molar-refractivity contribution >= 4 is 79.2 Å². The molecule has 0 N–H and O–H groups in total. The van der Waals surface area contributed by atoms with Crippen molar-refractivity contribution in [2.24, 2.45) is 0 Å². The maximum Gasteiger partial charge on any atom is 0.257 e. The lowest BCUT2D eigenvalue weighted by Gasteiger charge is -2.47. The zero-order chi connectivity index (χ0) is 44.5. The van der Waals surface area contributed by atoms with Crippen LogP contribution in [-0.4, -0.2) is 6.71 Å². The molecule has 1 aromatic heterocycles. The van der Waals surface area contributed by atoms with Gasteiger partial charge in [-0.15, -0.1) is 0 Å². The van der Waals surface area contributed by atoms with Crippen molar-refractivity contribution in [3.05, 3.63) is 136 Å². The molecule has 0 spiro atoms. The first kappa shape index (κ1) is 40.6. The minimum Gasteiger partial charge on any atom is -0.457 e. The van der Waals surface area contributed by atoms with Gasteiger partial charge in [-0.1, -0.05) is 113 Å². The van der Waals surface area contributed by atoms with E-state index in [9.17, 15) is 0 Å². The Balaban J connectivity index is 1.30. The monoisotopic (exact) mass is 829 g/mol. The van der Waals surface area contributed by atoms with E-state index in [0.717, 1.165) is 17.6 Å². The number of rotatable bonds is 2. The highest BCUT2D eigenvalue weighted by Crippen LogP contribution is 2.53. The number of hydrogen-bond donors (Lipinski definition) is 0. The average molecular weight is 829 g/mol. The van der Waals surface area contributed by atoms with E-state index in [1.54, 1.807) is 0 Å². The lowest BCUT2D eigenvalue weighted by atomic mass is 9.33. The maximum absolute atomic E-state index is 7.46. The summed E-state index contributed by atoms with van der Waals surface area (Å²) in [5.41, 5.74) is 24.8. The van der Waals surface area contributed by atoms with Gasteiger partial charge in [-0.3, -0.25) is 0 Å². The third kappa shape index (κ3) is 5.78. The van der Waals surface area contributed by atoms with E-state index in [4.69, 9.17) is 4.42 Å². The third-order valence-corrected chi connectivity index (χ3v) is 16.4. The van der Waals surface area contributed by atoms with Gasteiger partial charge in [0.15, 0.2) is 0 Å². The fourth-order valence-electron chi connectivity index (χ4n) is 12.3. The van der Waals surface area contributed by atoms with Gasteiger partial charge in [-0.05, 0) is 189 Å². The standard InChI is InChI=1S/C59H65BN2O/c1-34-27-49-52-50(28-34)62(46-21-19-37(29-36(46)3)55(4,5)6)48-32-42-41(57(9,10)24-25-58(42,11)12)31-44(48)60(52)53-47(61(49)45-18-16-15-17-35(45)2)22-20-38-39-30-40-43(33-51(39)63-54(38)53)59(13,14)26-23-56(40,7)8/h15-22,27-33H,23-26H2,1-14H3. The summed E-state index contributed by atoms with van der Waals surface area (Å²) in [6, 6.07) is 36.1. The second-order valence-corrected chi connectivity index (χ2v) is 23.7. The van der Waals surface area contributed by atoms with Crippen LogP contribution in [0.5, 0.6) is 0 Å². The van der Waals surface area contributed by atoms with Crippen LogP contribution >= 0.6 is 0 Å². The van der Waals surface area contributed by atoms with E-state index >= 15 is 0 Å². The van der Waals surface area contributed by atoms with Crippen LogP contribution < -0.4 is 26.2 Å². The zero-order valence-electron chi connectivity index (χ0n) is 40.4. The minimum absolute atomic E-state index is 0.0418. The topological polar surface area (TPSA) is 19.6 Å². The molecule has 11 rings (SSSR count). The Hall–Kier alpha value is -5.22. The van der Waals surface area contributed by atoms with Crippen molar-refractivity contribution in [3.63, 3.8) is 0 Å². The van der Waals surface area contributed by atoms with E-state index in [0.29, 0.717) is 0 Å². The van der Waals surface area contributed by atoms with Gasteiger partial charge >= 0.3 is 0 Å². The lowest BCUT2D eigenvalue weighted by Crippen LogP contribution is -2.62. The van der Waals surface area contributed by atoms with Crippen molar-refractivity contribution in [1.82, 2.24) is 0 Å².